The third-order valence-corrected chi connectivity index (χ3v) is 2.94. The highest BCUT2D eigenvalue weighted by Crippen LogP contribution is 2.17. The maximum atomic E-state index is 13.0. The summed E-state index contributed by atoms with van der Waals surface area (Å²) in [6, 6.07) is 12.4. The van der Waals surface area contributed by atoms with E-state index in [0.717, 1.165) is 18.1 Å². The molecule has 0 heterocycles. The highest BCUT2D eigenvalue weighted by atomic mass is 19.1. The van der Waals surface area contributed by atoms with Crippen LogP contribution in [0.4, 0.5) is 20.6 Å². The van der Waals surface area contributed by atoms with Gasteiger partial charge in [-0.25, -0.2) is 9.18 Å². The first-order valence-corrected chi connectivity index (χ1v) is 6.49. The standard InChI is InChI=1S/C16H14FN3O/c1-2-11-4-3-5-14(8-11)19-16(21)20-15-7-6-13(17)9-12(15)10-18/h3-9H,2H2,1H3,(H2,19,20,21). The maximum Gasteiger partial charge on any atom is 0.323 e. The van der Waals surface area contributed by atoms with Gasteiger partial charge >= 0.3 is 6.03 Å². The number of nitrogens with one attached hydrogen (secondary N) is 2. The van der Waals surface area contributed by atoms with Gasteiger partial charge in [0.25, 0.3) is 0 Å². The first-order chi connectivity index (χ1) is 10.1. The zero-order chi connectivity index (χ0) is 15.2. The van der Waals surface area contributed by atoms with Gasteiger partial charge < -0.3 is 10.6 Å². The Morgan fingerprint density at radius 1 is 1.24 bits per heavy atom. The summed E-state index contributed by atoms with van der Waals surface area (Å²) >= 11 is 0. The summed E-state index contributed by atoms with van der Waals surface area (Å²) in [6.07, 6.45) is 0.869. The second-order valence-electron chi connectivity index (χ2n) is 4.43. The zero-order valence-electron chi connectivity index (χ0n) is 11.5. The Morgan fingerprint density at radius 3 is 2.76 bits per heavy atom. The Balaban J connectivity index is 2.10. The minimum Gasteiger partial charge on any atom is -0.308 e. The normalized spacial score (nSPS) is 9.76. The van der Waals surface area contributed by atoms with Crippen LogP contribution in [0.5, 0.6) is 0 Å². The summed E-state index contributed by atoms with van der Waals surface area (Å²) in [4.78, 5) is 11.9. The van der Waals surface area contributed by atoms with Gasteiger partial charge in [0.2, 0.25) is 0 Å². The topological polar surface area (TPSA) is 64.9 Å². The predicted molar refractivity (Wildman–Crippen MR) is 79.6 cm³/mol. The lowest BCUT2D eigenvalue weighted by Gasteiger charge is -2.09. The number of benzene rings is 2. The second-order valence-corrected chi connectivity index (χ2v) is 4.43. The van der Waals surface area contributed by atoms with Gasteiger partial charge in [0.15, 0.2) is 0 Å². The van der Waals surface area contributed by atoms with Crippen molar-refractivity contribution >= 4 is 17.4 Å². The van der Waals surface area contributed by atoms with Crippen molar-refractivity contribution in [1.29, 1.82) is 5.26 Å². The Bertz CT molecular complexity index is 707. The van der Waals surface area contributed by atoms with Gasteiger partial charge in [0, 0.05) is 5.69 Å². The van der Waals surface area contributed by atoms with E-state index in [-0.39, 0.29) is 11.3 Å². The molecule has 0 aliphatic carbocycles. The van der Waals surface area contributed by atoms with Crippen molar-refractivity contribution in [3.63, 3.8) is 0 Å². The number of rotatable bonds is 3. The predicted octanol–water partition coefficient (Wildman–Crippen LogP) is 3.90. The number of carbonyl (C=O) groups is 1. The molecule has 0 aliphatic heterocycles. The van der Waals surface area contributed by atoms with Crippen LogP contribution in [0.15, 0.2) is 42.5 Å². The molecule has 0 aromatic heterocycles. The average Bonchev–Trinajstić information content (AvgIpc) is 2.49. The summed E-state index contributed by atoms with van der Waals surface area (Å²) in [5, 5.41) is 14.1. The minimum atomic E-state index is -0.520. The molecule has 0 unspecified atom stereocenters. The third kappa shape index (κ3) is 3.80. The fourth-order valence-electron chi connectivity index (χ4n) is 1.87. The lowest BCUT2D eigenvalue weighted by molar-refractivity contribution is 0.262. The highest BCUT2D eigenvalue weighted by molar-refractivity contribution is 6.00. The molecule has 0 bridgehead atoms. The Kier molecular flexibility index (Phi) is 4.52. The molecular weight excluding hydrogens is 269 g/mol. The van der Waals surface area contributed by atoms with Crippen molar-refractivity contribution in [2.24, 2.45) is 0 Å². The van der Waals surface area contributed by atoms with Crippen LogP contribution in [0.2, 0.25) is 0 Å². The van der Waals surface area contributed by atoms with E-state index in [0.29, 0.717) is 5.69 Å². The summed E-state index contributed by atoms with van der Waals surface area (Å²) in [6.45, 7) is 2.02. The monoisotopic (exact) mass is 283 g/mol. The SMILES string of the molecule is CCc1cccc(NC(=O)Nc2ccc(F)cc2C#N)c1. The molecule has 2 aromatic rings. The van der Waals surface area contributed by atoms with Crippen LogP contribution in [-0.4, -0.2) is 6.03 Å². The quantitative estimate of drug-likeness (QED) is 0.897. The summed E-state index contributed by atoms with van der Waals surface area (Å²) < 4.78 is 13.0. The number of nitriles is 1. The van der Waals surface area contributed by atoms with E-state index in [4.69, 9.17) is 5.26 Å². The van der Waals surface area contributed by atoms with Crippen molar-refractivity contribution in [3.05, 3.63) is 59.4 Å². The number of nitrogens with zero attached hydrogens (tertiary/aromatic N) is 1. The van der Waals surface area contributed by atoms with Crippen LogP contribution in [0.3, 0.4) is 0 Å². The van der Waals surface area contributed by atoms with E-state index in [1.807, 2.05) is 31.2 Å². The number of amides is 2. The second kappa shape index (κ2) is 6.53. The molecule has 21 heavy (non-hydrogen) atoms. The number of hydrogen-bond donors (Lipinski definition) is 2. The summed E-state index contributed by atoms with van der Waals surface area (Å²) in [5.41, 5.74) is 2.11. The highest BCUT2D eigenvalue weighted by Gasteiger charge is 2.08. The van der Waals surface area contributed by atoms with E-state index in [1.54, 1.807) is 6.07 Å². The molecule has 4 nitrogen and oxygen atoms in total. The lowest BCUT2D eigenvalue weighted by atomic mass is 10.1. The molecule has 2 N–H and O–H groups in total. The number of urea groups is 1. The number of aryl methyl sites for hydroxylation is 1. The van der Waals surface area contributed by atoms with E-state index in [1.165, 1.54) is 12.1 Å². The molecule has 106 valence electrons. The van der Waals surface area contributed by atoms with Crippen molar-refractivity contribution in [1.82, 2.24) is 0 Å². The van der Waals surface area contributed by atoms with Gasteiger partial charge in [-0.3, -0.25) is 0 Å². The maximum absolute atomic E-state index is 13.0. The van der Waals surface area contributed by atoms with Crippen molar-refractivity contribution < 1.29 is 9.18 Å². The van der Waals surface area contributed by atoms with Gasteiger partial charge in [-0.2, -0.15) is 5.26 Å². The number of anilines is 2. The first-order valence-electron chi connectivity index (χ1n) is 6.49. The smallest absolute Gasteiger partial charge is 0.308 e. The molecule has 0 atom stereocenters. The van der Waals surface area contributed by atoms with Gasteiger partial charge in [0.1, 0.15) is 11.9 Å². The van der Waals surface area contributed by atoms with Gasteiger partial charge in [-0.1, -0.05) is 19.1 Å². The average molecular weight is 283 g/mol. The molecule has 2 aromatic carbocycles. The Labute approximate surface area is 122 Å². The van der Waals surface area contributed by atoms with Crippen LogP contribution in [0.25, 0.3) is 0 Å². The lowest BCUT2D eigenvalue weighted by Crippen LogP contribution is -2.20. The summed E-state index contributed by atoms with van der Waals surface area (Å²) in [5.74, 6) is -0.520. The molecule has 0 saturated heterocycles. The van der Waals surface area contributed by atoms with Gasteiger partial charge in [-0.05, 0) is 42.3 Å². The molecular formula is C16H14FN3O. The van der Waals surface area contributed by atoms with Crippen LogP contribution in [0.1, 0.15) is 18.1 Å². The van der Waals surface area contributed by atoms with E-state index >= 15 is 0 Å². The largest absolute Gasteiger partial charge is 0.323 e. The van der Waals surface area contributed by atoms with Crippen molar-refractivity contribution in [3.8, 4) is 6.07 Å². The molecule has 5 heteroatoms. The molecule has 0 aliphatic rings. The molecule has 0 saturated carbocycles. The molecule has 0 fully saturated rings. The fraction of sp³-hybridized carbons (Fsp3) is 0.125. The Hall–Kier alpha value is -2.87. The number of carbonyl (C=O) groups excluding carboxylic acids is 1. The van der Waals surface area contributed by atoms with Crippen LogP contribution in [-0.2, 0) is 6.42 Å². The molecule has 2 amide bonds. The van der Waals surface area contributed by atoms with E-state index in [9.17, 15) is 9.18 Å². The minimum absolute atomic E-state index is 0.0764. The van der Waals surface area contributed by atoms with Crippen LogP contribution >= 0.6 is 0 Å². The zero-order valence-corrected chi connectivity index (χ0v) is 11.5. The Morgan fingerprint density at radius 2 is 2.05 bits per heavy atom. The third-order valence-electron chi connectivity index (χ3n) is 2.94. The van der Waals surface area contributed by atoms with E-state index in [2.05, 4.69) is 10.6 Å². The van der Waals surface area contributed by atoms with Crippen LogP contribution in [0, 0.1) is 17.1 Å². The van der Waals surface area contributed by atoms with Gasteiger partial charge in [-0.15, -0.1) is 0 Å². The number of hydrogen-bond acceptors (Lipinski definition) is 2. The fourth-order valence-corrected chi connectivity index (χ4v) is 1.87. The first kappa shape index (κ1) is 14.5. The molecule has 0 radical (unpaired) electrons. The van der Waals surface area contributed by atoms with Crippen molar-refractivity contribution in [2.45, 2.75) is 13.3 Å². The number of halogens is 1. The van der Waals surface area contributed by atoms with Crippen LogP contribution < -0.4 is 10.6 Å². The van der Waals surface area contributed by atoms with Crippen molar-refractivity contribution in [2.75, 3.05) is 10.6 Å². The molecule has 2 rings (SSSR count). The molecule has 0 spiro atoms. The van der Waals surface area contributed by atoms with Gasteiger partial charge in [0.05, 0.1) is 11.3 Å². The summed E-state index contributed by atoms with van der Waals surface area (Å²) in [7, 11) is 0. The van der Waals surface area contributed by atoms with E-state index < -0.39 is 11.8 Å².